The maximum absolute atomic E-state index is 4.19. The molecule has 94 valence electrons. The lowest BCUT2D eigenvalue weighted by molar-refractivity contribution is 0.381. The van der Waals surface area contributed by atoms with Crippen molar-refractivity contribution >= 4 is 16.6 Å². The van der Waals surface area contributed by atoms with E-state index in [0.29, 0.717) is 0 Å². The van der Waals surface area contributed by atoms with Crippen molar-refractivity contribution in [2.45, 2.75) is 19.4 Å². The van der Waals surface area contributed by atoms with E-state index in [1.807, 2.05) is 18.3 Å². The van der Waals surface area contributed by atoms with Gasteiger partial charge in [-0.2, -0.15) is 10.2 Å². The van der Waals surface area contributed by atoms with Crippen molar-refractivity contribution < 1.29 is 0 Å². The molecule has 1 aliphatic rings. The summed E-state index contributed by atoms with van der Waals surface area (Å²) in [5, 5.41) is 13.0. The number of nitrogens with zero attached hydrogens (tertiary/aromatic N) is 3. The average molecular weight is 242 g/mol. The zero-order valence-electron chi connectivity index (χ0n) is 10.8. The highest BCUT2D eigenvalue weighted by molar-refractivity contribution is 5.91. The minimum absolute atomic E-state index is 0.101. The first kappa shape index (κ1) is 11.4. The molecule has 0 unspecified atom stereocenters. The van der Waals surface area contributed by atoms with Crippen LogP contribution in [-0.4, -0.2) is 35.4 Å². The Labute approximate surface area is 107 Å². The number of benzene rings is 1. The highest BCUT2D eigenvalue weighted by Crippen LogP contribution is 2.30. The van der Waals surface area contributed by atoms with Crippen molar-refractivity contribution in [2.24, 2.45) is 0 Å². The summed E-state index contributed by atoms with van der Waals surface area (Å²) in [6, 6.07) is 8.20. The summed E-state index contributed by atoms with van der Waals surface area (Å²) in [4.78, 5) is 2.43. The number of fused-ring (bicyclic) bond motifs is 1. The summed E-state index contributed by atoms with van der Waals surface area (Å²) in [6.07, 6.45) is 1.88. The Bertz CT molecular complexity index is 559. The third-order valence-corrected chi connectivity index (χ3v) is 3.62. The topological polar surface area (TPSA) is 41.0 Å². The molecule has 3 rings (SSSR count). The van der Waals surface area contributed by atoms with Gasteiger partial charge in [-0.1, -0.05) is 18.2 Å². The molecule has 2 aromatic rings. The second-order valence-corrected chi connectivity index (χ2v) is 5.39. The van der Waals surface area contributed by atoms with Crippen LogP contribution in [0.15, 0.2) is 30.5 Å². The molecule has 1 fully saturated rings. The fraction of sp³-hybridized carbons (Fsp3) is 0.429. The summed E-state index contributed by atoms with van der Waals surface area (Å²) in [7, 11) is 0. The van der Waals surface area contributed by atoms with Crippen LogP contribution in [0, 0.1) is 0 Å². The highest BCUT2D eigenvalue weighted by atomic mass is 15.3. The van der Waals surface area contributed by atoms with Crippen LogP contribution in [0.25, 0.3) is 10.9 Å². The van der Waals surface area contributed by atoms with Gasteiger partial charge in [-0.3, -0.25) is 0 Å². The quantitative estimate of drug-likeness (QED) is 0.828. The molecule has 4 heteroatoms. The first-order chi connectivity index (χ1) is 8.68. The van der Waals surface area contributed by atoms with Crippen molar-refractivity contribution in [2.75, 3.05) is 24.5 Å². The molecular weight excluding hydrogens is 224 g/mol. The van der Waals surface area contributed by atoms with E-state index in [4.69, 9.17) is 0 Å². The summed E-state index contributed by atoms with van der Waals surface area (Å²) in [6.45, 7) is 7.52. The van der Waals surface area contributed by atoms with Gasteiger partial charge in [-0.25, -0.2) is 0 Å². The largest absolute Gasteiger partial charge is 0.362 e. The molecule has 0 aliphatic carbocycles. The van der Waals surface area contributed by atoms with E-state index < -0.39 is 0 Å². The first-order valence-electron chi connectivity index (χ1n) is 6.37. The van der Waals surface area contributed by atoms with Crippen molar-refractivity contribution in [3.05, 3.63) is 30.5 Å². The van der Waals surface area contributed by atoms with Gasteiger partial charge in [0.1, 0.15) is 0 Å². The molecule has 1 aliphatic heterocycles. The molecule has 1 N–H and O–H groups in total. The first-order valence-corrected chi connectivity index (χ1v) is 6.37. The molecule has 0 spiro atoms. The number of hydrogen-bond acceptors (Lipinski definition) is 4. The van der Waals surface area contributed by atoms with Gasteiger partial charge in [-0.05, 0) is 19.9 Å². The van der Waals surface area contributed by atoms with Crippen LogP contribution in [-0.2, 0) is 0 Å². The second-order valence-electron chi connectivity index (χ2n) is 5.39. The minimum atomic E-state index is 0.101. The fourth-order valence-corrected chi connectivity index (χ4v) is 2.64. The van der Waals surface area contributed by atoms with Crippen molar-refractivity contribution in [1.29, 1.82) is 0 Å². The van der Waals surface area contributed by atoms with Crippen molar-refractivity contribution in [3.8, 4) is 0 Å². The molecule has 0 saturated carbocycles. The number of nitrogens with one attached hydrogen (secondary N) is 1. The minimum Gasteiger partial charge on any atom is -0.362 e. The van der Waals surface area contributed by atoms with Crippen LogP contribution >= 0.6 is 0 Å². The van der Waals surface area contributed by atoms with E-state index >= 15 is 0 Å². The lowest BCUT2D eigenvalue weighted by Gasteiger charge is -2.44. The van der Waals surface area contributed by atoms with Crippen molar-refractivity contribution in [1.82, 2.24) is 15.5 Å². The molecule has 0 amide bonds. The molecule has 0 atom stereocenters. The Balaban J connectivity index is 2.13. The van der Waals surface area contributed by atoms with Crippen LogP contribution < -0.4 is 10.2 Å². The summed E-state index contributed by atoms with van der Waals surface area (Å²) >= 11 is 0. The maximum Gasteiger partial charge on any atom is 0.0950 e. The van der Waals surface area contributed by atoms with Gasteiger partial charge in [0.15, 0.2) is 0 Å². The molecule has 1 aromatic heterocycles. The number of rotatable bonds is 1. The van der Waals surface area contributed by atoms with Gasteiger partial charge >= 0.3 is 0 Å². The van der Waals surface area contributed by atoms with Crippen LogP contribution in [0.1, 0.15) is 13.8 Å². The Morgan fingerprint density at radius 1 is 1.28 bits per heavy atom. The monoisotopic (exact) mass is 242 g/mol. The molecule has 18 heavy (non-hydrogen) atoms. The molecule has 1 aromatic carbocycles. The summed E-state index contributed by atoms with van der Waals surface area (Å²) < 4.78 is 0. The third-order valence-electron chi connectivity index (χ3n) is 3.62. The summed E-state index contributed by atoms with van der Waals surface area (Å²) in [5.41, 5.74) is 2.25. The molecule has 1 saturated heterocycles. The van der Waals surface area contributed by atoms with Crippen LogP contribution in [0.4, 0.5) is 5.69 Å². The molecule has 2 heterocycles. The number of anilines is 1. The van der Waals surface area contributed by atoms with Gasteiger partial charge in [0.05, 0.1) is 17.4 Å². The standard InChI is InChI=1S/C14H18N4/c1-14(2)10-15-7-8-18(14)13-9-16-17-12-6-4-3-5-11(12)13/h3-6,9,15H,7-8,10H2,1-2H3. The van der Waals surface area contributed by atoms with Gasteiger partial charge in [0.2, 0.25) is 0 Å². The Kier molecular flexibility index (Phi) is 2.67. The predicted molar refractivity (Wildman–Crippen MR) is 73.8 cm³/mol. The second kappa shape index (κ2) is 4.21. The van der Waals surface area contributed by atoms with Gasteiger partial charge in [0.25, 0.3) is 0 Å². The lowest BCUT2D eigenvalue weighted by atomic mass is 9.98. The number of piperazine rings is 1. The predicted octanol–water partition coefficient (Wildman–Crippen LogP) is 1.82. The zero-order chi connectivity index (χ0) is 12.6. The summed E-state index contributed by atoms with van der Waals surface area (Å²) in [5.74, 6) is 0. The highest BCUT2D eigenvalue weighted by Gasteiger charge is 2.30. The molecule has 0 bridgehead atoms. The number of hydrogen-bond donors (Lipinski definition) is 1. The molecule has 0 radical (unpaired) electrons. The van der Waals surface area contributed by atoms with E-state index in [1.165, 1.54) is 11.1 Å². The molecule has 4 nitrogen and oxygen atoms in total. The average Bonchev–Trinajstić information content (AvgIpc) is 2.38. The normalized spacial score (nSPS) is 19.1. The fourth-order valence-electron chi connectivity index (χ4n) is 2.64. The third kappa shape index (κ3) is 1.82. The van der Waals surface area contributed by atoms with Crippen molar-refractivity contribution in [3.63, 3.8) is 0 Å². The smallest absolute Gasteiger partial charge is 0.0950 e. The molecular formula is C14H18N4. The zero-order valence-corrected chi connectivity index (χ0v) is 10.8. The van der Waals surface area contributed by atoms with Crippen LogP contribution in [0.5, 0.6) is 0 Å². The Morgan fingerprint density at radius 2 is 2.11 bits per heavy atom. The van der Waals surface area contributed by atoms with Gasteiger partial charge < -0.3 is 10.2 Å². The van der Waals surface area contributed by atoms with E-state index in [0.717, 1.165) is 25.2 Å². The maximum atomic E-state index is 4.19. The van der Waals surface area contributed by atoms with Crippen LogP contribution in [0.3, 0.4) is 0 Å². The SMILES string of the molecule is CC1(C)CNCCN1c1cnnc2ccccc12. The Hall–Kier alpha value is -1.68. The Morgan fingerprint density at radius 3 is 2.94 bits per heavy atom. The lowest BCUT2D eigenvalue weighted by Crippen LogP contribution is -2.58. The van der Waals surface area contributed by atoms with E-state index in [-0.39, 0.29) is 5.54 Å². The van der Waals surface area contributed by atoms with E-state index in [1.54, 1.807) is 0 Å². The number of aromatic nitrogens is 2. The van der Waals surface area contributed by atoms with Crippen LogP contribution in [0.2, 0.25) is 0 Å². The van der Waals surface area contributed by atoms with Gasteiger partial charge in [0, 0.05) is 30.6 Å². The van der Waals surface area contributed by atoms with E-state index in [2.05, 4.69) is 46.4 Å². The van der Waals surface area contributed by atoms with Gasteiger partial charge in [-0.15, -0.1) is 0 Å². The van der Waals surface area contributed by atoms with E-state index in [9.17, 15) is 0 Å².